The van der Waals surface area contributed by atoms with Crippen molar-refractivity contribution >= 4 is 0 Å². The molecule has 1 aliphatic heterocycles. The van der Waals surface area contributed by atoms with E-state index in [9.17, 15) is 20.4 Å². The van der Waals surface area contributed by atoms with Crippen LogP contribution < -0.4 is 0 Å². The molecule has 1 rings (SSSR count). The van der Waals surface area contributed by atoms with E-state index in [0.29, 0.717) is 6.54 Å². The molecule has 1 saturated heterocycles. The molecule has 0 saturated carbocycles. The molecule has 0 bridgehead atoms. The lowest BCUT2D eigenvalue weighted by Crippen LogP contribution is -2.62. The van der Waals surface area contributed by atoms with Gasteiger partial charge in [0.1, 0.15) is 12.2 Å². The van der Waals surface area contributed by atoms with E-state index in [1.54, 1.807) is 0 Å². The topological polar surface area (TPSA) is 84.2 Å². The number of β-amino-alcohol motifs (C(OH)–C–C–N with tert-alkyl or cyclic N) is 1. The molecule has 4 atom stereocenters. The maximum Gasteiger partial charge on any atom is 0.109 e. The Kier molecular flexibility index (Phi) is 13.6. The first-order valence-electron chi connectivity index (χ1n) is 11.0. The number of hydrogen-bond acceptors (Lipinski definition) is 5. The van der Waals surface area contributed by atoms with Crippen LogP contribution in [0.2, 0.25) is 0 Å². The molecular formula is C21H43NO4. The third kappa shape index (κ3) is 9.14. The van der Waals surface area contributed by atoms with Gasteiger partial charge in [-0.1, -0.05) is 84.0 Å². The zero-order valence-corrected chi connectivity index (χ0v) is 16.9. The molecule has 0 radical (unpaired) electrons. The maximum absolute atomic E-state index is 9.97. The second-order valence-electron chi connectivity index (χ2n) is 8.04. The molecule has 0 aromatic heterocycles. The summed E-state index contributed by atoms with van der Waals surface area (Å²) in [6.07, 6.45) is 13.8. The number of piperidine rings is 1. The maximum atomic E-state index is 9.97. The van der Waals surface area contributed by atoms with Gasteiger partial charge in [0.05, 0.1) is 18.8 Å². The van der Waals surface area contributed by atoms with Crippen molar-refractivity contribution in [2.24, 2.45) is 0 Å². The lowest BCUT2D eigenvalue weighted by molar-refractivity contribution is -0.145. The highest BCUT2D eigenvalue weighted by Gasteiger charge is 2.40. The second-order valence-corrected chi connectivity index (χ2v) is 8.04. The van der Waals surface area contributed by atoms with Crippen LogP contribution in [0.15, 0.2) is 0 Å². The number of aliphatic hydroxyl groups excluding tert-OH is 4. The highest BCUT2D eigenvalue weighted by Crippen LogP contribution is 2.20. The van der Waals surface area contributed by atoms with Crippen LogP contribution in [-0.4, -0.2) is 69.4 Å². The van der Waals surface area contributed by atoms with E-state index in [4.69, 9.17) is 0 Å². The highest BCUT2D eigenvalue weighted by atomic mass is 16.4. The first-order valence-corrected chi connectivity index (χ1v) is 11.0. The van der Waals surface area contributed by atoms with Gasteiger partial charge in [-0.25, -0.2) is 0 Å². The van der Waals surface area contributed by atoms with Gasteiger partial charge in [0.2, 0.25) is 0 Å². The van der Waals surface area contributed by atoms with Crippen molar-refractivity contribution in [3.8, 4) is 0 Å². The van der Waals surface area contributed by atoms with Gasteiger partial charge in [0, 0.05) is 6.54 Å². The van der Waals surface area contributed by atoms with Gasteiger partial charge in [0.25, 0.3) is 0 Å². The van der Waals surface area contributed by atoms with Crippen LogP contribution in [0.25, 0.3) is 0 Å². The Labute approximate surface area is 160 Å². The van der Waals surface area contributed by atoms with E-state index in [1.165, 1.54) is 70.6 Å². The SMILES string of the molecule is CCCCCCCCCCCCCCCN1C[C@H](O)[C@@H](O)[C@H](O)[C@H]1CO. The predicted molar refractivity (Wildman–Crippen MR) is 106 cm³/mol. The number of rotatable bonds is 15. The molecule has 4 N–H and O–H groups in total. The van der Waals surface area contributed by atoms with Crippen molar-refractivity contribution in [1.82, 2.24) is 4.90 Å². The summed E-state index contributed by atoms with van der Waals surface area (Å²) in [6.45, 7) is 3.14. The molecule has 5 nitrogen and oxygen atoms in total. The van der Waals surface area contributed by atoms with Crippen LogP contribution in [0.4, 0.5) is 0 Å². The fraction of sp³-hybridized carbons (Fsp3) is 1.00. The van der Waals surface area contributed by atoms with Gasteiger partial charge in [-0.15, -0.1) is 0 Å². The molecule has 0 aromatic rings. The molecule has 0 aliphatic carbocycles. The molecule has 5 heteroatoms. The minimum atomic E-state index is -1.16. The number of nitrogens with zero attached hydrogens (tertiary/aromatic N) is 1. The Morgan fingerprint density at radius 3 is 1.62 bits per heavy atom. The fourth-order valence-corrected chi connectivity index (χ4v) is 3.97. The largest absolute Gasteiger partial charge is 0.395 e. The average molecular weight is 374 g/mol. The van der Waals surface area contributed by atoms with E-state index in [1.807, 2.05) is 4.90 Å². The quantitative estimate of drug-likeness (QED) is 0.332. The zero-order valence-electron chi connectivity index (χ0n) is 16.9. The molecule has 0 unspecified atom stereocenters. The fourth-order valence-electron chi connectivity index (χ4n) is 3.97. The van der Waals surface area contributed by atoms with Crippen LogP contribution in [0.5, 0.6) is 0 Å². The van der Waals surface area contributed by atoms with E-state index >= 15 is 0 Å². The summed E-state index contributed by atoms with van der Waals surface area (Å²) in [6, 6.07) is -0.467. The standard InChI is InChI=1S/C21H43NO4/c1-2-3-4-5-6-7-8-9-10-11-12-13-14-15-22-16-19(24)21(26)20(25)18(22)17-23/h18-21,23-26H,2-17H2,1H3/t18-,19+,20-,21-/m1/s1. The second kappa shape index (κ2) is 14.8. The lowest BCUT2D eigenvalue weighted by atomic mass is 9.94. The predicted octanol–water partition coefficient (Wildman–Crippen LogP) is 2.84. The van der Waals surface area contributed by atoms with Gasteiger partial charge < -0.3 is 20.4 Å². The third-order valence-corrected chi connectivity index (χ3v) is 5.76. The third-order valence-electron chi connectivity index (χ3n) is 5.76. The monoisotopic (exact) mass is 373 g/mol. The molecule has 26 heavy (non-hydrogen) atoms. The molecule has 1 fully saturated rings. The number of unbranched alkanes of at least 4 members (excludes halogenated alkanes) is 12. The van der Waals surface area contributed by atoms with Gasteiger partial charge in [-0.05, 0) is 13.0 Å². The summed E-state index contributed by atoms with van der Waals surface area (Å²) in [4.78, 5) is 1.92. The van der Waals surface area contributed by atoms with Gasteiger partial charge in [-0.2, -0.15) is 0 Å². The Morgan fingerprint density at radius 2 is 1.15 bits per heavy atom. The molecule has 0 amide bonds. The van der Waals surface area contributed by atoms with Crippen molar-refractivity contribution in [2.45, 2.75) is 115 Å². The average Bonchev–Trinajstić information content (AvgIpc) is 2.63. The van der Waals surface area contributed by atoms with Crippen LogP contribution in [-0.2, 0) is 0 Å². The zero-order chi connectivity index (χ0) is 19.2. The Hall–Kier alpha value is -0.200. The summed E-state index contributed by atoms with van der Waals surface area (Å²) in [5.41, 5.74) is 0. The van der Waals surface area contributed by atoms with Crippen molar-refractivity contribution in [1.29, 1.82) is 0 Å². The molecule has 0 aromatic carbocycles. The summed E-state index contributed by atoms with van der Waals surface area (Å²) >= 11 is 0. The first-order chi connectivity index (χ1) is 12.6. The van der Waals surface area contributed by atoms with Crippen LogP contribution >= 0.6 is 0 Å². The van der Waals surface area contributed by atoms with Crippen molar-refractivity contribution < 1.29 is 20.4 Å². The van der Waals surface area contributed by atoms with E-state index < -0.39 is 24.4 Å². The van der Waals surface area contributed by atoms with E-state index in [-0.39, 0.29) is 6.61 Å². The highest BCUT2D eigenvalue weighted by molar-refractivity contribution is 4.93. The Bertz CT molecular complexity index is 329. The summed E-state index contributed by atoms with van der Waals surface area (Å²) in [5, 5.41) is 38.9. The van der Waals surface area contributed by atoms with Crippen LogP contribution in [0.3, 0.4) is 0 Å². The van der Waals surface area contributed by atoms with Crippen molar-refractivity contribution in [3.63, 3.8) is 0 Å². The van der Waals surface area contributed by atoms with E-state index in [0.717, 1.165) is 19.4 Å². The van der Waals surface area contributed by atoms with E-state index in [2.05, 4.69) is 6.92 Å². The molecule has 1 heterocycles. The van der Waals surface area contributed by atoms with Crippen LogP contribution in [0, 0.1) is 0 Å². The summed E-state index contributed by atoms with van der Waals surface area (Å²) in [5.74, 6) is 0. The number of aliphatic hydroxyl groups is 4. The van der Waals surface area contributed by atoms with Crippen molar-refractivity contribution in [2.75, 3.05) is 19.7 Å². The van der Waals surface area contributed by atoms with Gasteiger partial charge in [0.15, 0.2) is 0 Å². The minimum Gasteiger partial charge on any atom is -0.395 e. The lowest BCUT2D eigenvalue weighted by Gasteiger charge is -2.43. The minimum absolute atomic E-state index is 0.191. The smallest absolute Gasteiger partial charge is 0.109 e. The van der Waals surface area contributed by atoms with Crippen LogP contribution in [0.1, 0.15) is 90.4 Å². The Morgan fingerprint density at radius 1 is 0.692 bits per heavy atom. The number of hydrogen-bond donors (Lipinski definition) is 4. The number of likely N-dealkylation sites (tertiary alicyclic amines) is 1. The normalized spacial score (nSPS) is 27.1. The molecule has 1 aliphatic rings. The molecular weight excluding hydrogens is 330 g/mol. The molecule has 0 spiro atoms. The summed E-state index contributed by atoms with van der Waals surface area (Å²) < 4.78 is 0. The van der Waals surface area contributed by atoms with Gasteiger partial charge >= 0.3 is 0 Å². The molecule has 156 valence electrons. The Balaban J connectivity index is 1.97. The first kappa shape index (κ1) is 23.8. The van der Waals surface area contributed by atoms with Crippen molar-refractivity contribution in [3.05, 3.63) is 0 Å². The van der Waals surface area contributed by atoms with Gasteiger partial charge in [-0.3, -0.25) is 4.90 Å². The summed E-state index contributed by atoms with van der Waals surface area (Å²) in [7, 11) is 0.